The Hall–Kier alpha value is -1.13. The van der Waals surface area contributed by atoms with Crippen LogP contribution in [0.2, 0.25) is 0 Å². The van der Waals surface area contributed by atoms with E-state index in [9.17, 15) is 4.79 Å². The highest BCUT2D eigenvalue weighted by Crippen LogP contribution is 1.99. The zero-order chi connectivity index (χ0) is 11.1. The van der Waals surface area contributed by atoms with Crippen molar-refractivity contribution in [1.29, 1.82) is 0 Å². The first-order chi connectivity index (χ1) is 7.18. The normalized spacial score (nSPS) is 9.88. The van der Waals surface area contributed by atoms with Crippen molar-refractivity contribution >= 4 is 18.4 Å². The number of rotatable bonds is 6. The molecule has 0 saturated heterocycles. The van der Waals surface area contributed by atoms with Gasteiger partial charge < -0.3 is 10.0 Å². The standard InChI is InChI=1S/C11H16N2O2.ClH/c1-13(9-5-11(14)15)8-4-10-2-6-12-7-3-10;/h2-3,6-7H,4-5,8-9H2,1H3,(H,14,15);1H. The van der Waals surface area contributed by atoms with Crippen LogP contribution in [0.25, 0.3) is 0 Å². The maximum absolute atomic E-state index is 10.3. The number of likely N-dealkylation sites (N-methyl/N-ethyl adjacent to an activating group) is 1. The van der Waals surface area contributed by atoms with Crippen LogP contribution in [-0.2, 0) is 11.2 Å². The maximum Gasteiger partial charge on any atom is 0.304 e. The second-order valence-electron chi connectivity index (χ2n) is 3.55. The highest BCUT2D eigenvalue weighted by atomic mass is 35.5. The van der Waals surface area contributed by atoms with Crippen molar-refractivity contribution in [2.45, 2.75) is 12.8 Å². The summed E-state index contributed by atoms with van der Waals surface area (Å²) < 4.78 is 0. The number of hydrogen-bond acceptors (Lipinski definition) is 3. The van der Waals surface area contributed by atoms with Gasteiger partial charge in [0.15, 0.2) is 0 Å². The zero-order valence-corrected chi connectivity index (χ0v) is 10.1. The molecule has 0 saturated carbocycles. The van der Waals surface area contributed by atoms with Gasteiger partial charge in [0.25, 0.3) is 0 Å². The van der Waals surface area contributed by atoms with Crippen LogP contribution in [0.5, 0.6) is 0 Å². The lowest BCUT2D eigenvalue weighted by atomic mass is 10.2. The Morgan fingerprint density at radius 1 is 1.38 bits per heavy atom. The molecule has 0 spiro atoms. The molecule has 0 aliphatic carbocycles. The lowest BCUT2D eigenvalue weighted by Gasteiger charge is -2.14. The van der Waals surface area contributed by atoms with Crippen molar-refractivity contribution in [3.8, 4) is 0 Å². The van der Waals surface area contributed by atoms with Gasteiger partial charge in [-0.2, -0.15) is 0 Å². The zero-order valence-electron chi connectivity index (χ0n) is 9.30. The highest BCUT2D eigenvalue weighted by Gasteiger charge is 2.02. The third-order valence-corrected chi connectivity index (χ3v) is 2.24. The third-order valence-electron chi connectivity index (χ3n) is 2.24. The van der Waals surface area contributed by atoms with Crippen LogP contribution >= 0.6 is 12.4 Å². The van der Waals surface area contributed by atoms with Gasteiger partial charge in [-0.05, 0) is 31.2 Å². The monoisotopic (exact) mass is 244 g/mol. The predicted octanol–water partition coefficient (Wildman–Crippen LogP) is 1.45. The van der Waals surface area contributed by atoms with Crippen molar-refractivity contribution in [3.05, 3.63) is 30.1 Å². The first-order valence-electron chi connectivity index (χ1n) is 4.97. The summed E-state index contributed by atoms with van der Waals surface area (Å²) in [5, 5.41) is 8.51. The highest BCUT2D eigenvalue weighted by molar-refractivity contribution is 5.85. The molecule has 0 radical (unpaired) electrons. The third kappa shape index (κ3) is 6.37. The van der Waals surface area contributed by atoms with E-state index < -0.39 is 5.97 Å². The van der Waals surface area contributed by atoms with Crippen molar-refractivity contribution in [1.82, 2.24) is 9.88 Å². The summed E-state index contributed by atoms with van der Waals surface area (Å²) in [6.45, 7) is 1.47. The van der Waals surface area contributed by atoms with E-state index in [0.717, 1.165) is 13.0 Å². The van der Waals surface area contributed by atoms with Gasteiger partial charge in [0.2, 0.25) is 0 Å². The van der Waals surface area contributed by atoms with Gasteiger partial charge in [0.05, 0.1) is 6.42 Å². The van der Waals surface area contributed by atoms with Crippen LogP contribution in [0.3, 0.4) is 0 Å². The minimum atomic E-state index is -0.745. The van der Waals surface area contributed by atoms with Crippen molar-refractivity contribution in [3.63, 3.8) is 0 Å². The Bertz CT molecular complexity index is 306. The summed E-state index contributed by atoms with van der Waals surface area (Å²) in [5.74, 6) is -0.745. The Morgan fingerprint density at radius 2 is 2.00 bits per heavy atom. The van der Waals surface area contributed by atoms with E-state index in [0.29, 0.717) is 6.54 Å². The van der Waals surface area contributed by atoms with Gasteiger partial charge in [-0.15, -0.1) is 12.4 Å². The lowest BCUT2D eigenvalue weighted by molar-refractivity contribution is -0.137. The molecule has 0 aromatic carbocycles. The Balaban J connectivity index is 0.00000225. The molecule has 0 aliphatic rings. The van der Waals surface area contributed by atoms with Crippen LogP contribution in [0.4, 0.5) is 0 Å². The van der Waals surface area contributed by atoms with E-state index in [2.05, 4.69) is 4.98 Å². The summed E-state index contributed by atoms with van der Waals surface area (Å²) in [6.07, 6.45) is 4.67. The van der Waals surface area contributed by atoms with E-state index in [-0.39, 0.29) is 18.8 Å². The van der Waals surface area contributed by atoms with E-state index in [4.69, 9.17) is 5.11 Å². The molecule has 0 amide bonds. The van der Waals surface area contributed by atoms with Gasteiger partial charge in [0.1, 0.15) is 0 Å². The topological polar surface area (TPSA) is 53.4 Å². The summed E-state index contributed by atoms with van der Waals surface area (Å²) in [5.41, 5.74) is 1.23. The summed E-state index contributed by atoms with van der Waals surface area (Å²) in [6, 6.07) is 3.95. The number of carboxylic acids is 1. The molecule has 1 aromatic heterocycles. The smallest absolute Gasteiger partial charge is 0.304 e. The van der Waals surface area contributed by atoms with Crippen LogP contribution in [0, 0.1) is 0 Å². The largest absolute Gasteiger partial charge is 0.481 e. The number of hydrogen-bond donors (Lipinski definition) is 1. The number of carbonyl (C=O) groups is 1. The van der Waals surface area contributed by atoms with Crippen LogP contribution < -0.4 is 0 Å². The van der Waals surface area contributed by atoms with Gasteiger partial charge in [-0.1, -0.05) is 0 Å². The number of aromatic nitrogens is 1. The Labute approximate surface area is 102 Å². The molecular weight excluding hydrogens is 228 g/mol. The number of nitrogens with zero attached hydrogens (tertiary/aromatic N) is 2. The summed E-state index contributed by atoms with van der Waals surface area (Å²) in [7, 11) is 1.93. The second-order valence-corrected chi connectivity index (χ2v) is 3.55. The predicted molar refractivity (Wildman–Crippen MR) is 64.9 cm³/mol. The quantitative estimate of drug-likeness (QED) is 0.823. The molecule has 5 heteroatoms. The molecule has 0 unspecified atom stereocenters. The van der Waals surface area contributed by atoms with Gasteiger partial charge in [-0.25, -0.2) is 0 Å². The fraction of sp³-hybridized carbons (Fsp3) is 0.455. The number of carboxylic acid groups (broad SMARTS) is 1. The van der Waals surface area contributed by atoms with Crippen molar-refractivity contribution in [2.75, 3.05) is 20.1 Å². The SMILES string of the molecule is CN(CCC(=O)O)CCc1ccncc1.Cl. The van der Waals surface area contributed by atoms with Gasteiger partial charge in [-0.3, -0.25) is 9.78 Å². The maximum atomic E-state index is 10.3. The van der Waals surface area contributed by atoms with E-state index in [1.54, 1.807) is 12.4 Å². The molecular formula is C11H17ClN2O2. The fourth-order valence-electron chi connectivity index (χ4n) is 1.27. The van der Waals surface area contributed by atoms with Crippen LogP contribution in [0.15, 0.2) is 24.5 Å². The molecule has 0 aliphatic heterocycles. The van der Waals surface area contributed by atoms with Crippen molar-refractivity contribution in [2.24, 2.45) is 0 Å². The Morgan fingerprint density at radius 3 is 2.56 bits per heavy atom. The first kappa shape index (κ1) is 14.9. The van der Waals surface area contributed by atoms with Crippen LogP contribution in [0.1, 0.15) is 12.0 Å². The van der Waals surface area contributed by atoms with E-state index >= 15 is 0 Å². The molecule has 1 rings (SSSR count). The average Bonchev–Trinajstić information content (AvgIpc) is 2.25. The van der Waals surface area contributed by atoms with Gasteiger partial charge in [0, 0.05) is 25.5 Å². The molecule has 0 fully saturated rings. The first-order valence-corrected chi connectivity index (χ1v) is 4.97. The molecule has 16 heavy (non-hydrogen) atoms. The molecule has 0 atom stereocenters. The van der Waals surface area contributed by atoms with Gasteiger partial charge >= 0.3 is 5.97 Å². The molecule has 1 aromatic rings. The lowest BCUT2D eigenvalue weighted by Crippen LogP contribution is -2.24. The summed E-state index contributed by atoms with van der Waals surface area (Å²) >= 11 is 0. The minimum Gasteiger partial charge on any atom is -0.481 e. The van der Waals surface area contributed by atoms with E-state index in [1.807, 2.05) is 24.1 Å². The number of aliphatic carboxylic acids is 1. The van der Waals surface area contributed by atoms with Crippen LogP contribution in [-0.4, -0.2) is 41.1 Å². The molecule has 1 heterocycles. The number of pyridine rings is 1. The summed E-state index contributed by atoms with van der Waals surface area (Å²) in [4.78, 5) is 16.3. The minimum absolute atomic E-state index is 0. The fourth-order valence-corrected chi connectivity index (χ4v) is 1.27. The second kappa shape index (κ2) is 8.07. The molecule has 1 N–H and O–H groups in total. The molecule has 90 valence electrons. The molecule has 0 bridgehead atoms. The Kier molecular flexibility index (Phi) is 7.50. The number of halogens is 1. The van der Waals surface area contributed by atoms with Crippen molar-refractivity contribution < 1.29 is 9.90 Å². The average molecular weight is 245 g/mol. The van der Waals surface area contributed by atoms with E-state index in [1.165, 1.54) is 5.56 Å². The molecule has 4 nitrogen and oxygen atoms in total.